The number of furan rings is 1. The molecule has 0 unspecified atom stereocenters. The Bertz CT molecular complexity index is 974. The minimum Gasteiger partial charge on any atom is -0.463 e. The van der Waals surface area contributed by atoms with Gasteiger partial charge in [0, 0.05) is 11.8 Å². The van der Waals surface area contributed by atoms with Crippen LogP contribution in [0.1, 0.15) is 17.5 Å². The van der Waals surface area contributed by atoms with Crippen molar-refractivity contribution in [2.75, 3.05) is 5.32 Å². The van der Waals surface area contributed by atoms with E-state index in [1.54, 1.807) is 18.2 Å². The van der Waals surface area contributed by atoms with Gasteiger partial charge in [-0.2, -0.15) is 5.10 Å². The molecule has 1 amide bonds. The zero-order chi connectivity index (χ0) is 17.2. The first-order valence-electron chi connectivity index (χ1n) is 8.23. The number of nitrogens with zero attached hydrogens (tertiary/aromatic N) is 2. The second-order valence-electron chi connectivity index (χ2n) is 6.08. The number of carbonyl (C=O) groups excluding carboxylic acids is 1. The second-order valence-corrected chi connectivity index (χ2v) is 6.08. The van der Waals surface area contributed by atoms with Crippen LogP contribution in [0.5, 0.6) is 0 Å². The van der Waals surface area contributed by atoms with Crippen LogP contribution in [0.4, 0.5) is 5.69 Å². The Morgan fingerprint density at radius 1 is 1.16 bits per heavy atom. The number of aryl methyl sites for hydroxylation is 2. The van der Waals surface area contributed by atoms with Crippen LogP contribution in [0, 0.1) is 0 Å². The van der Waals surface area contributed by atoms with Crippen LogP contribution in [-0.4, -0.2) is 15.7 Å². The van der Waals surface area contributed by atoms with E-state index in [9.17, 15) is 9.59 Å². The highest BCUT2D eigenvalue weighted by atomic mass is 16.3. The van der Waals surface area contributed by atoms with Gasteiger partial charge in [0.05, 0.1) is 6.26 Å². The van der Waals surface area contributed by atoms with Gasteiger partial charge in [-0.25, -0.2) is 4.68 Å². The number of anilines is 1. The molecule has 0 atom stereocenters. The summed E-state index contributed by atoms with van der Waals surface area (Å²) in [7, 11) is 0. The zero-order valence-corrected chi connectivity index (χ0v) is 13.6. The van der Waals surface area contributed by atoms with E-state index in [-0.39, 0.29) is 18.0 Å². The Balaban J connectivity index is 1.51. The van der Waals surface area contributed by atoms with Gasteiger partial charge in [0.25, 0.3) is 5.56 Å². The van der Waals surface area contributed by atoms with Gasteiger partial charge in [-0.1, -0.05) is 6.07 Å². The van der Waals surface area contributed by atoms with Crippen molar-refractivity contribution in [3.8, 4) is 11.5 Å². The van der Waals surface area contributed by atoms with Gasteiger partial charge >= 0.3 is 0 Å². The van der Waals surface area contributed by atoms with Crippen molar-refractivity contribution in [3.05, 3.63) is 70.2 Å². The Labute approximate surface area is 144 Å². The van der Waals surface area contributed by atoms with Gasteiger partial charge in [-0.15, -0.1) is 0 Å². The molecule has 0 bridgehead atoms. The number of carbonyl (C=O) groups is 1. The van der Waals surface area contributed by atoms with E-state index in [1.165, 1.54) is 23.5 Å². The van der Waals surface area contributed by atoms with Crippen LogP contribution >= 0.6 is 0 Å². The summed E-state index contributed by atoms with van der Waals surface area (Å²) in [4.78, 5) is 24.3. The largest absolute Gasteiger partial charge is 0.463 e. The number of hydrogen-bond donors (Lipinski definition) is 1. The van der Waals surface area contributed by atoms with Crippen molar-refractivity contribution in [2.24, 2.45) is 0 Å². The number of amides is 1. The standard InChI is InChI=1S/C19H17N3O3/c23-18(20-15-7-6-13-3-1-4-14(13)11-15)12-22-19(24)9-8-16(21-22)17-5-2-10-25-17/h2,5-11H,1,3-4,12H2,(H,20,23). The fourth-order valence-corrected chi connectivity index (χ4v) is 3.10. The highest BCUT2D eigenvalue weighted by Crippen LogP contribution is 2.24. The van der Waals surface area contributed by atoms with Crippen molar-refractivity contribution in [1.82, 2.24) is 9.78 Å². The van der Waals surface area contributed by atoms with E-state index in [2.05, 4.69) is 16.5 Å². The topological polar surface area (TPSA) is 77.1 Å². The minimum atomic E-state index is -0.334. The van der Waals surface area contributed by atoms with Crippen molar-refractivity contribution in [2.45, 2.75) is 25.8 Å². The molecule has 1 aromatic carbocycles. The van der Waals surface area contributed by atoms with Gasteiger partial charge in [-0.05, 0) is 60.7 Å². The fourth-order valence-electron chi connectivity index (χ4n) is 3.10. The average Bonchev–Trinajstić information content (AvgIpc) is 3.27. The van der Waals surface area contributed by atoms with Gasteiger partial charge in [-0.3, -0.25) is 9.59 Å². The van der Waals surface area contributed by atoms with Crippen molar-refractivity contribution < 1.29 is 9.21 Å². The molecule has 1 aliphatic carbocycles. The van der Waals surface area contributed by atoms with E-state index in [0.717, 1.165) is 29.6 Å². The molecule has 3 aromatic rings. The Morgan fingerprint density at radius 3 is 2.88 bits per heavy atom. The molecule has 0 saturated heterocycles. The first kappa shape index (κ1) is 15.4. The van der Waals surface area contributed by atoms with E-state index in [1.807, 2.05) is 12.1 Å². The van der Waals surface area contributed by atoms with Gasteiger partial charge in [0.15, 0.2) is 5.76 Å². The molecular formula is C19H17N3O3. The lowest BCUT2D eigenvalue weighted by molar-refractivity contribution is -0.117. The summed E-state index contributed by atoms with van der Waals surface area (Å²) in [6.07, 6.45) is 4.84. The van der Waals surface area contributed by atoms with E-state index < -0.39 is 0 Å². The first-order valence-corrected chi connectivity index (χ1v) is 8.23. The lowest BCUT2D eigenvalue weighted by Gasteiger charge is -2.09. The summed E-state index contributed by atoms with van der Waals surface area (Å²) < 4.78 is 6.42. The quantitative estimate of drug-likeness (QED) is 0.795. The number of nitrogens with one attached hydrogen (secondary N) is 1. The predicted molar refractivity (Wildman–Crippen MR) is 93.3 cm³/mol. The highest BCUT2D eigenvalue weighted by Gasteiger charge is 2.13. The van der Waals surface area contributed by atoms with Crippen molar-refractivity contribution in [3.63, 3.8) is 0 Å². The third kappa shape index (κ3) is 3.24. The van der Waals surface area contributed by atoms with Gasteiger partial charge < -0.3 is 9.73 Å². The SMILES string of the molecule is O=C(Cn1nc(-c2ccco2)ccc1=O)Nc1ccc2c(c1)CCC2. The lowest BCUT2D eigenvalue weighted by atomic mass is 10.1. The maximum Gasteiger partial charge on any atom is 0.267 e. The molecule has 2 aromatic heterocycles. The predicted octanol–water partition coefficient (Wildman–Crippen LogP) is 2.63. The summed E-state index contributed by atoms with van der Waals surface area (Å²) in [5.41, 5.74) is 3.56. The number of hydrogen-bond acceptors (Lipinski definition) is 4. The normalized spacial score (nSPS) is 12.8. The molecule has 126 valence electrons. The van der Waals surface area contributed by atoms with Crippen molar-refractivity contribution >= 4 is 11.6 Å². The molecular weight excluding hydrogens is 318 g/mol. The molecule has 0 spiro atoms. The van der Waals surface area contributed by atoms with Crippen LogP contribution in [0.2, 0.25) is 0 Å². The van der Waals surface area contributed by atoms with E-state index in [4.69, 9.17) is 4.42 Å². The maximum atomic E-state index is 12.3. The van der Waals surface area contributed by atoms with Gasteiger partial charge in [0.1, 0.15) is 12.2 Å². The molecule has 0 fully saturated rings. The van der Waals surface area contributed by atoms with Gasteiger partial charge in [0.2, 0.25) is 5.91 Å². The summed E-state index contributed by atoms with van der Waals surface area (Å²) in [6.45, 7) is -0.148. The molecule has 4 rings (SSSR count). The fraction of sp³-hybridized carbons (Fsp3) is 0.211. The Hall–Kier alpha value is -3.15. The molecule has 25 heavy (non-hydrogen) atoms. The molecule has 6 nitrogen and oxygen atoms in total. The zero-order valence-electron chi connectivity index (χ0n) is 13.6. The monoisotopic (exact) mass is 335 g/mol. The van der Waals surface area contributed by atoms with Crippen LogP contribution in [0.15, 0.2) is 57.9 Å². The second kappa shape index (κ2) is 6.39. The molecule has 2 heterocycles. The average molecular weight is 335 g/mol. The molecule has 1 N–H and O–H groups in total. The van der Waals surface area contributed by atoms with Crippen LogP contribution in [0.25, 0.3) is 11.5 Å². The Kier molecular flexibility index (Phi) is 3.93. The molecule has 1 aliphatic rings. The molecule has 0 saturated carbocycles. The van der Waals surface area contributed by atoms with E-state index in [0.29, 0.717) is 11.5 Å². The maximum absolute atomic E-state index is 12.3. The van der Waals surface area contributed by atoms with Crippen LogP contribution < -0.4 is 10.9 Å². The van der Waals surface area contributed by atoms with Crippen LogP contribution in [-0.2, 0) is 24.2 Å². The molecule has 0 aliphatic heterocycles. The molecule has 0 radical (unpaired) electrons. The highest BCUT2D eigenvalue weighted by molar-refractivity contribution is 5.90. The van der Waals surface area contributed by atoms with E-state index >= 15 is 0 Å². The minimum absolute atomic E-state index is 0.148. The number of benzene rings is 1. The molecule has 6 heteroatoms. The first-order chi connectivity index (χ1) is 12.2. The third-order valence-electron chi connectivity index (χ3n) is 4.32. The number of aromatic nitrogens is 2. The number of fused-ring (bicyclic) bond motifs is 1. The summed E-state index contributed by atoms with van der Waals surface area (Å²) in [5.74, 6) is 0.261. The third-order valence-corrected chi connectivity index (χ3v) is 4.32. The number of rotatable bonds is 4. The Morgan fingerprint density at radius 2 is 2.04 bits per heavy atom. The smallest absolute Gasteiger partial charge is 0.267 e. The van der Waals surface area contributed by atoms with Crippen molar-refractivity contribution in [1.29, 1.82) is 0 Å². The summed E-state index contributed by atoms with van der Waals surface area (Å²) in [5, 5.41) is 7.04. The summed E-state index contributed by atoms with van der Waals surface area (Å²) >= 11 is 0. The van der Waals surface area contributed by atoms with Crippen LogP contribution in [0.3, 0.4) is 0 Å². The summed E-state index contributed by atoms with van der Waals surface area (Å²) in [6, 6.07) is 12.4. The lowest BCUT2D eigenvalue weighted by Crippen LogP contribution is -2.29.